The van der Waals surface area contributed by atoms with Crippen LogP contribution in [0.15, 0.2) is 55.1 Å². The van der Waals surface area contributed by atoms with Crippen molar-refractivity contribution in [1.29, 1.82) is 0 Å². The molecule has 1 heterocycles. The lowest BCUT2D eigenvalue weighted by Crippen LogP contribution is -2.39. The smallest absolute Gasteiger partial charge is 0.356 e. The first-order valence-electron chi connectivity index (χ1n) is 7.53. The zero-order valence-corrected chi connectivity index (χ0v) is 14.5. The number of nitrogens with zero attached hydrogens (tertiary/aromatic N) is 2. The van der Waals surface area contributed by atoms with Crippen molar-refractivity contribution in [1.82, 2.24) is 4.57 Å². The van der Waals surface area contributed by atoms with Crippen LogP contribution in [0.4, 0.5) is 5.95 Å². The number of allylic oxidation sites excluding steroid dienone is 1. The van der Waals surface area contributed by atoms with Gasteiger partial charge in [0.2, 0.25) is 0 Å². The third kappa shape index (κ3) is 3.00. The molecule has 0 spiro atoms. The fourth-order valence-electron chi connectivity index (χ4n) is 2.82. The van der Waals surface area contributed by atoms with Gasteiger partial charge >= 0.3 is 5.95 Å². The first kappa shape index (κ1) is 16.8. The molecule has 0 bridgehead atoms. The van der Waals surface area contributed by atoms with Crippen LogP contribution in [0.25, 0.3) is 11.0 Å². The highest BCUT2D eigenvalue weighted by atomic mass is 35.5. The summed E-state index contributed by atoms with van der Waals surface area (Å²) in [6, 6.07) is 13.0. The van der Waals surface area contributed by atoms with Crippen LogP contribution in [0.2, 0.25) is 10.0 Å². The highest BCUT2D eigenvalue weighted by molar-refractivity contribution is 6.42. The monoisotopic (exact) mass is 362 g/mol. The molecule has 3 rings (SSSR count). The van der Waals surface area contributed by atoms with E-state index in [0.717, 1.165) is 11.0 Å². The van der Waals surface area contributed by atoms with Gasteiger partial charge in [0.05, 0.1) is 16.6 Å². The van der Waals surface area contributed by atoms with Crippen LogP contribution in [0, 0.1) is 0 Å². The van der Waals surface area contributed by atoms with Gasteiger partial charge in [0, 0.05) is 0 Å². The van der Waals surface area contributed by atoms with Gasteiger partial charge in [-0.05, 0) is 29.8 Å². The van der Waals surface area contributed by atoms with Gasteiger partial charge in [-0.2, -0.15) is 0 Å². The molecule has 0 aliphatic carbocycles. The Morgan fingerprint density at radius 1 is 1.21 bits per heavy atom. The summed E-state index contributed by atoms with van der Waals surface area (Å²) in [7, 11) is 0. The molecule has 6 heteroatoms. The molecular weight excluding hydrogens is 345 g/mol. The quantitative estimate of drug-likeness (QED) is 0.536. The largest absolute Gasteiger partial charge is 0.385 e. The summed E-state index contributed by atoms with van der Waals surface area (Å²) in [5.41, 5.74) is 8.95. The highest BCUT2D eigenvalue weighted by Gasteiger charge is 2.23. The molecule has 0 aliphatic rings. The molecule has 1 aromatic heterocycles. The van der Waals surface area contributed by atoms with Crippen molar-refractivity contribution in [2.24, 2.45) is 0 Å². The van der Waals surface area contributed by atoms with Crippen molar-refractivity contribution < 1.29 is 9.67 Å². The summed E-state index contributed by atoms with van der Waals surface area (Å²) in [5, 5.41) is 11.5. The Balaban J connectivity index is 2.01. The standard InChI is InChI=1S/C18H17Cl2N3O/c1-2-9-22-15-5-3-4-6-16(15)23(18(22)21)11-17(24)12-7-8-13(19)14(20)10-12/h2-8,10,17,21,24H,1,9,11H2/p+1. The van der Waals surface area contributed by atoms with Crippen LogP contribution in [0.1, 0.15) is 11.7 Å². The molecular formula is C18H18Cl2N3O+. The Hall–Kier alpha value is -2.01. The SMILES string of the molecule is C=CCn1c(N)[n+](CC(O)c2ccc(Cl)c(Cl)c2)c2ccccc21. The number of rotatable bonds is 5. The minimum absolute atomic E-state index is 0.314. The summed E-state index contributed by atoms with van der Waals surface area (Å²) < 4.78 is 3.86. The summed E-state index contributed by atoms with van der Waals surface area (Å²) >= 11 is 12.0. The number of nitrogen functional groups attached to an aromatic ring is 1. The zero-order chi connectivity index (χ0) is 17.3. The maximum absolute atomic E-state index is 10.6. The van der Waals surface area contributed by atoms with Crippen LogP contribution in [-0.2, 0) is 13.1 Å². The Labute approximate surface area is 150 Å². The van der Waals surface area contributed by atoms with Gasteiger partial charge in [-0.25, -0.2) is 9.13 Å². The molecule has 1 atom stereocenters. The van der Waals surface area contributed by atoms with Gasteiger partial charge in [0.1, 0.15) is 23.7 Å². The number of anilines is 1. The Morgan fingerprint density at radius 3 is 2.67 bits per heavy atom. The van der Waals surface area contributed by atoms with Crippen molar-refractivity contribution in [2.45, 2.75) is 19.2 Å². The van der Waals surface area contributed by atoms with E-state index in [4.69, 9.17) is 28.9 Å². The number of hydrogen-bond donors (Lipinski definition) is 2. The summed E-state index contributed by atoms with van der Waals surface area (Å²) in [6.45, 7) is 4.69. The average molecular weight is 363 g/mol. The Morgan fingerprint density at radius 2 is 1.96 bits per heavy atom. The van der Waals surface area contributed by atoms with E-state index in [1.54, 1.807) is 24.3 Å². The predicted molar refractivity (Wildman–Crippen MR) is 98.2 cm³/mol. The zero-order valence-electron chi connectivity index (χ0n) is 13.0. The Kier molecular flexibility index (Phi) is 4.81. The van der Waals surface area contributed by atoms with Crippen molar-refractivity contribution in [2.75, 3.05) is 5.73 Å². The van der Waals surface area contributed by atoms with E-state index in [1.165, 1.54) is 0 Å². The number of aromatic nitrogens is 2. The molecule has 3 N–H and O–H groups in total. The average Bonchev–Trinajstić information content (AvgIpc) is 2.83. The van der Waals surface area contributed by atoms with Gasteiger partial charge < -0.3 is 5.11 Å². The predicted octanol–water partition coefficient (Wildman–Crippen LogP) is 3.74. The number of aliphatic hydroxyl groups excluding tert-OH is 1. The van der Waals surface area contributed by atoms with Crippen LogP contribution in [0.5, 0.6) is 0 Å². The first-order chi connectivity index (χ1) is 11.5. The number of fused-ring (bicyclic) bond motifs is 1. The first-order valence-corrected chi connectivity index (χ1v) is 8.29. The summed E-state index contributed by atoms with van der Waals surface area (Å²) in [6.07, 6.45) is 1.04. The maximum Gasteiger partial charge on any atom is 0.356 e. The van der Waals surface area contributed by atoms with E-state index in [2.05, 4.69) is 6.58 Å². The fourth-order valence-corrected chi connectivity index (χ4v) is 3.13. The second kappa shape index (κ2) is 6.85. The van der Waals surface area contributed by atoms with E-state index in [-0.39, 0.29) is 0 Å². The molecule has 24 heavy (non-hydrogen) atoms. The number of benzene rings is 2. The molecule has 0 amide bonds. The second-order valence-electron chi connectivity index (χ2n) is 5.55. The molecule has 2 aromatic carbocycles. The van der Waals surface area contributed by atoms with E-state index in [1.807, 2.05) is 33.4 Å². The second-order valence-corrected chi connectivity index (χ2v) is 6.36. The fraction of sp³-hybridized carbons (Fsp3) is 0.167. The van der Waals surface area contributed by atoms with Gasteiger partial charge in [0.15, 0.2) is 0 Å². The lowest BCUT2D eigenvalue weighted by molar-refractivity contribution is -0.666. The number of imidazole rings is 1. The van der Waals surface area contributed by atoms with Crippen molar-refractivity contribution >= 4 is 40.2 Å². The number of aliphatic hydroxyl groups is 1. The molecule has 4 nitrogen and oxygen atoms in total. The molecule has 1 unspecified atom stereocenters. The molecule has 3 aromatic rings. The number of hydrogen-bond acceptors (Lipinski definition) is 2. The molecule has 0 saturated carbocycles. The van der Waals surface area contributed by atoms with Crippen molar-refractivity contribution in [3.8, 4) is 0 Å². The molecule has 0 aliphatic heterocycles. The van der Waals surface area contributed by atoms with Gasteiger partial charge in [-0.3, -0.25) is 5.73 Å². The van der Waals surface area contributed by atoms with Gasteiger partial charge in [-0.1, -0.05) is 54.1 Å². The topological polar surface area (TPSA) is 55.1 Å². The molecule has 0 fully saturated rings. The van der Waals surface area contributed by atoms with E-state index in [0.29, 0.717) is 34.6 Å². The lowest BCUT2D eigenvalue weighted by Gasteiger charge is -2.11. The minimum Gasteiger partial charge on any atom is -0.385 e. The van der Waals surface area contributed by atoms with Crippen LogP contribution in [-0.4, -0.2) is 9.67 Å². The van der Waals surface area contributed by atoms with Crippen LogP contribution >= 0.6 is 23.2 Å². The molecule has 124 valence electrons. The molecule has 0 saturated heterocycles. The highest BCUT2D eigenvalue weighted by Crippen LogP contribution is 2.26. The van der Waals surface area contributed by atoms with E-state index in [9.17, 15) is 5.11 Å². The van der Waals surface area contributed by atoms with Crippen LogP contribution in [0.3, 0.4) is 0 Å². The Bertz CT molecular complexity index is 905. The lowest BCUT2D eigenvalue weighted by atomic mass is 10.1. The number of halogens is 2. The van der Waals surface area contributed by atoms with E-state index < -0.39 is 6.10 Å². The molecule has 0 radical (unpaired) electrons. The van der Waals surface area contributed by atoms with Crippen molar-refractivity contribution in [3.63, 3.8) is 0 Å². The third-order valence-electron chi connectivity index (χ3n) is 4.01. The number of nitrogens with two attached hydrogens (primary N) is 1. The maximum atomic E-state index is 10.6. The van der Waals surface area contributed by atoms with Crippen LogP contribution < -0.4 is 10.3 Å². The number of para-hydroxylation sites is 2. The minimum atomic E-state index is -0.755. The summed E-state index contributed by atoms with van der Waals surface area (Å²) in [4.78, 5) is 0. The van der Waals surface area contributed by atoms with E-state index >= 15 is 0 Å². The summed E-state index contributed by atoms with van der Waals surface area (Å²) in [5.74, 6) is 0.565. The third-order valence-corrected chi connectivity index (χ3v) is 4.75. The normalized spacial score (nSPS) is 12.5. The van der Waals surface area contributed by atoms with Gasteiger partial charge in [0.25, 0.3) is 0 Å². The van der Waals surface area contributed by atoms with Gasteiger partial charge in [-0.15, -0.1) is 0 Å². The van der Waals surface area contributed by atoms with Crippen molar-refractivity contribution in [3.05, 3.63) is 70.7 Å².